The van der Waals surface area contributed by atoms with E-state index in [-0.39, 0.29) is 6.10 Å². The highest BCUT2D eigenvalue weighted by molar-refractivity contribution is 7.15. The third-order valence-electron chi connectivity index (χ3n) is 5.48. The van der Waals surface area contributed by atoms with E-state index in [0.717, 1.165) is 48.5 Å². The SMILES string of the molecule is FC(F)(F)Cn1ccc2c(OC3CCN(Cc4cn5ccsc5n4)CC3)cccc21. The Balaban J connectivity index is 1.22. The third kappa shape index (κ3) is 4.04. The van der Waals surface area contributed by atoms with Gasteiger partial charge in [-0.3, -0.25) is 9.30 Å². The van der Waals surface area contributed by atoms with Crippen molar-refractivity contribution >= 4 is 27.2 Å². The van der Waals surface area contributed by atoms with Crippen molar-refractivity contribution in [2.24, 2.45) is 0 Å². The molecule has 0 aliphatic carbocycles. The summed E-state index contributed by atoms with van der Waals surface area (Å²) in [5, 5.41) is 2.74. The van der Waals surface area contributed by atoms with Gasteiger partial charge in [-0.05, 0) is 31.0 Å². The van der Waals surface area contributed by atoms with Crippen LogP contribution in [-0.4, -0.2) is 44.2 Å². The van der Waals surface area contributed by atoms with Gasteiger partial charge in [0.05, 0.1) is 11.2 Å². The highest BCUT2D eigenvalue weighted by Gasteiger charge is 2.29. The maximum atomic E-state index is 12.8. The molecule has 30 heavy (non-hydrogen) atoms. The Morgan fingerprint density at radius 3 is 2.73 bits per heavy atom. The largest absolute Gasteiger partial charge is 0.490 e. The van der Waals surface area contributed by atoms with Gasteiger partial charge in [0, 0.05) is 49.0 Å². The van der Waals surface area contributed by atoms with E-state index in [0.29, 0.717) is 11.3 Å². The van der Waals surface area contributed by atoms with Crippen molar-refractivity contribution in [2.45, 2.75) is 38.2 Å². The summed E-state index contributed by atoms with van der Waals surface area (Å²) in [7, 11) is 0. The van der Waals surface area contributed by atoms with Gasteiger partial charge in [-0.15, -0.1) is 11.3 Å². The van der Waals surface area contributed by atoms with Crippen molar-refractivity contribution in [3.63, 3.8) is 0 Å². The van der Waals surface area contributed by atoms with Gasteiger partial charge in [-0.2, -0.15) is 13.2 Å². The average molecular weight is 434 g/mol. The fourth-order valence-electron chi connectivity index (χ4n) is 4.08. The van der Waals surface area contributed by atoms with Gasteiger partial charge >= 0.3 is 6.18 Å². The summed E-state index contributed by atoms with van der Waals surface area (Å²) in [6.07, 6.45) is 3.12. The number of hydrogen-bond donors (Lipinski definition) is 0. The van der Waals surface area contributed by atoms with E-state index in [1.807, 2.05) is 22.0 Å². The number of hydrogen-bond acceptors (Lipinski definition) is 4. The van der Waals surface area contributed by atoms with E-state index in [1.54, 1.807) is 29.5 Å². The minimum atomic E-state index is -4.25. The first-order valence-electron chi connectivity index (χ1n) is 9.89. The molecule has 1 aromatic carbocycles. The second-order valence-electron chi connectivity index (χ2n) is 7.67. The standard InChI is InChI=1S/C21H21F3N4OS/c22-21(23,24)14-28-9-6-17-18(28)2-1-3-19(17)29-16-4-7-26(8-5-16)12-15-13-27-10-11-30-20(27)25-15/h1-3,6,9-11,13,16H,4-5,7-8,12,14H2. The summed E-state index contributed by atoms with van der Waals surface area (Å²) in [6.45, 7) is 1.63. The minimum absolute atomic E-state index is 0.0586. The zero-order valence-corrected chi connectivity index (χ0v) is 17.0. The van der Waals surface area contributed by atoms with E-state index in [1.165, 1.54) is 10.8 Å². The summed E-state index contributed by atoms with van der Waals surface area (Å²) < 4.78 is 47.9. The molecule has 3 aromatic heterocycles. The van der Waals surface area contributed by atoms with Crippen LogP contribution in [-0.2, 0) is 13.1 Å². The molecular weight excluding hydrogens is 413 g/mol. The molecule has 0 unspecified atom stereocenters. The first-order chi connectivity index (χ1) is 14.4. The highest BCUT2D eigenvalue weighted by atomic mass is 32.1. The van der Waals surface area contributed by atoms with Crippen LogP contribution in [0.3, 0.4) is 0 Å². The lowest BCUT2D eigenvalue weighted by Crippen LogP contribution is -2.37. The van der Waals surface area contributed by atoms with Gasteiger partial charge < -0.3 is 9.30 Å². The molecule has 5 rings (SSSR count). The van der Waals surface area contributed by atoms with E-state index in [9.17, 15) is 13.2 Å². The molecule has 9 heteroatoms. The van der Waals surface area contributed by atoms with Gasteiger partial charge in [0.15, 0.2) is 4.96 Å². The average Bonchev–Trinajstić information content (AvgIpc) is 3.38. The Kier molecular flexibility index (Phi) is 4.94. The summed E-state index contributed by atoms with van der Waals surface area (Å²) in [6, 6.07) is 7.00. The number of rotatable bonds is 5. The molecular formula is C21H21F3N4OS. The van der Waals surface area contributed by atoms with Crippen LogP contribution in [0.4, 0.5) is 13.2 Å². The van der Waals surface area contributed by atoms with Gasteiger partial charge in [0.1, 0.15) is 18.4 Å². The lowest BCUT2D eigenvalue weighted by atomic mass is 10.1. The van der Waals surface area contributed by atoms with Crippen LogP contribution in [0.1, 0.15) is 18.5 Å². The van der Waals surface area contributed by atoms with Crippen LogP contribution >= 0.6 is 11.3 Å². The third-order valence-corrected chi connectivity index (χ3v) is 6.25. The molecule has 1 aliphatic rings. The van der Waals surface area contributed by atoms with Crippen molar-refractivity contribution in [1.82, 2.24) is 18.9 Å². The Hall–Kier alpha value is -2.52. The number of ether oxygens (including phenoxy) is 1. The summed E-state index contributed by atoms with van der Waals surface area (Å²) >= 11 is 1.63. The lowest BCUT2D eigenvalue weighted by molar-refractivity contribution is -0.139. The van der Waals surface area contributed by atoms with Gasteiger partial charge in [-0.1, -0.05) is 6.07 Å². The number of piperidine rings is 1. The summed E-state index contributed by atoms with van der Waals surface area (Å²) in [5.74, 6) is 0.654. The van der Waals surface area contributed by atoms with Crippen LogP contribution < -0.4 is 4.74 Å². The molecule has 0 radical (unpaired) electrons. The molecule has 0 atom stereocenters. The quantitative estimate of drug-likeness (QED) is 0.446. The van der Waals surface area contributed by atoms with Crippen LogP contribution in [0.25, 0.3) is 15.9 Å². The smallest absolute Gasteiger partial charge is 0.406 e. The second-order valence-corrected chi connectivity index (χ2v) is 8.54. The number of fused-ring (bicyclic) bond motifs is 2. The zero-order valence-electron chi connectivity index (χ0n) is 16.2. The molecule has 0 spiro atoms. The van der Waals surface area contributed by atoms with E-state index in [2.05, 4.69) is 16.1 Å². The zero-order chi connectivity index (χ0) is 20.7. The fourth-order valence-corrected chi connectivity index (χ4v) is 4.79. The van der Waals surface area contributed by atoms with Crippen molar-refractivity contribution < 1.29 is 17.9 Å². The fraction of sp³-hybridized carbons (Fsp3) is 0.381. The molecule has 4 aromatic rings. The summed E-state index contributed by atoms with van der Waals surface area (Å²) in [5.41, 5.74) is 1.61. The number of imidazole rings is 1. The number of likely N-dealkylation sites (tertiary alicyclic amines) is 1. The Bertz CT molecular complexity index is 1130. The molecule has 1 saturated heterocycles. The minimum Gasteiger partial charge on any atom is -0.490 e. The van der Waals surface area contributed by atoms with Crippen molar-refractivity contribution in [1.29, 1.82) is 0 Å². The maximum Gasteiger partial charge on any atom is 0.406 e. The van der Waals surface area contributed by atoms with Crippen molar-refractivity contribution in [2.75, 3.05) is 13.1 Å². The predicted molar refractivity (Wildman–Crippen MR) is 110 cm³/mol. The van der Waals surface area contributed by atoms with E-state index in [4.69, 9.17) is 4.74 Å². The Labute approximate surface area is 175 Å². The number of halogens is 3. The second kappa shape index (κ2) is 7.63. The maximum absolute atomic E-state index is 12.8. The van der Waals surface area contributed by atoms with E-state index >= 15 is 0 Å². The lowest BCUT2D eigenvalue weighted by Gasteiger charge is -2.31. The van der Waals surface area contributed by atoms with Gasteiger partial charge in [-0.25, -0.2) is 4.98 Å². The molecule has 4 heterocycles. The van der Waals surface area contributed by atoms with Crippen LogP contribution in [0.2, 0.25) is 0 Å². The molecule has 158 valence electrons. The first-order valence-corrected chi connectivity index (χ1v) is 10.8. The van der Waals surface area contributed by atoms with Crippen molar-refractivity contribution in [3.8, 4) is 5.75 Å². The Morgan fingerprint density at radius 2 is 1.97 bits per heavy atom. The van der Waals surface area contributed by atoms with Gasteiger partial charge in [0.25, 0.3) is 0 Å². The van der Waals surface area contributed by atoms with Crippen molar-refractivity contribution in [3.05, 3.63) is 53.9 Å². The first kappa shape index (κ1) is 19.4. The molecule has 5 nitrogen and oxygen atoms in total. The van der Waals surface area contributed by atoms with Crippen LogP contribution in [0.5, 0.6) is 5.75 Å². The molecule has 0 saturated carbocycles. The normalized spacial score (nSPS) is 16.6. The number of thiazole rings is 1. The van der Waals surface area contributed by atoms with E-state index < -0.39 is 12.7 Å². The number of nitrogens with zero attached hydrogens (tertiary/aromatic N) is 4. The monoisotopic (exact) mass is 434 g/mol. The number of aromatic nitrogens is 3. The number of alkyl halides is 3. The van der Waals surface area contributed by atoms with Crippen LogP contribution in [0, 0.1) is 0 Å². The highest BCUT2D eigenvalue weighted by Crippen LogP contribution is 2.31. The Morgan fingerprint density at radius 1 is 1.13 bits per heavy atom. The predicted octanol–water partition coefficient (Wildman–Crippen LogP) is 4.96. The molecule has 0 N–H and O–H groups in total. The molecule has 1 fully saturated rings. The van der Waals surface area contributed by atoms with Crippen LogP contribution in [0.15, 0.2) is 48.2 Å². The molecule has 0 bridgehead atoms. The molecule has 0 amide bonds. The topological polar surface area (TPSA) is 34.7 Å². The number of benzene rings is 1. The molecule has 1 aliphatic heterocycles. The van der Waals surface area contributed by atoms with Gasteiger partial charge in [0.2, 0.25) is 0 Å². The summed E-state index contributed by atoms with van der Waals surface area (Å²) in [4.78, 5) is 8.02.